The SMILES string of the molecule is CC(C)(C)c1cc(C(=O)Cl)nn1-c1ccccc1. The van der Waals surface area contributed by atoms with E-state index in [0.29, 0.717) is 0 Å². The van der Waals surface area contributed by atoms with Crippen molar-refractivity contribution in [1.82, 2.24) is 9.78 Å². The van der Waals surface area contributed by atoms with Crippen LogP contribution in [0.3, 0.4) is 0 Å². The molecule has 2 aromatic rings. The maximum Gasteiger partial charge on any atom is 0.272 e. The van der Waals surface area contributed by atoms with Crippen LogP contribution in [0.4, 0.5) is 0 Å². The molecular formula is C14H15ClN2O. The molecule has 0 atom stereocenters. The van der Waals surface area contributed by atoms with Crippen molar-refractivity contribution in [2.45, 2.75) is 26.2 Å². The Morgan fingerprint density at radius 1 is 1.22 bits per heavy atom. The normalized spacial score (nSPS) is 11.6. The van der Waals surface area contributed by atoms with Gasteiger partial charge in [-0.1, -0.05) is 39.0 Å². The monoisotopic (exact) mass is 262 g/mol. The molecule has 4 heteroatoms. The average molecular weight is 263 g/mol. The van der Waals surface area contributed by atoms with Crippen molar-refractivity contribution in [3.8, 4) is 5.69 Å². The molecule has 0 radical (unpaired) electrons. The molecule has 0 aliphatic heterocycles. The predicted molar refractivity (Wildman–Crippen MR) is 72.4 cm³/mol. The highest BCUT2D eigenvalue weighted by Gasteiger charge is 2.23. The van der Waals surface area contributed by atoms with Crippen molar-refractivity contribution >= 4 is 16.8 Å². The van der Waals surface area contributed by atoms with Gasteiger partial charge in [0, 0.05) is 5.41 Å². The molecule has 0 aliphatic rings. The molecule has 1 heterocycles. The number of carbonyl (C=O) groups is 1. The number of carbonyl (C=O) groups excluding carboxylic acids is 1. The maximum absolute atomic E-state index is 11.3. The molecule has 2 rings (SSSR count). The van der Waals surface area contributed by atoms with Crippen molar-refractivity contribution < 1.29 is 4.79 Å². The Bertz CT molecular complexity index is 567. The van der Waals surface area contributed by atoms with Crippen LogP contribution in [0.5, 0.6) is 0 Å². The third-order valence-corrected chi connectivity index (χ3v) is 2.87. The number of para-hydroxylation sites is 1. The highest BCUT2D eigenvalue weighted by Crippen LogP contribution is 2.26. The van der Waals surface area contributed by atoms with Gasteiger partial charge in [0.2, 0.25) is 0 Å². The lowest BCUT2D eigenvalue weighted by Gasteiger charge is -2.20. The molecule has 94 valence electrons. The minimum atomic E-state index is -0.532. The van der Waals surface area contributed by atoms with E-state index in [4.69, 9.17) is 11.6 Å². The van der Waals surface area contributed by atoms with E-state index in [2.05, 4.69) is 25.9 Å². The molecule has 0 spiro atoms. The first-order valence-electron chi connectivity index (χ1n) is 5.75. The number of nitrogens with zero attached hydrogens (tertiary/aromatic N) is 2. The Morgan fingerprint density at radius 2 is 1.83 bits per heavy atom. The topological polar surface area (TPSA) is 34.9 Å². The van der Waals surface area contributed by atoms with E-state index in [1.807, 2.05) is 30.3 Å². The molecular weight excluding hydrogens is 248 g/mol. The van der Waals surface area contributed by atoms with E-state index in [1.54, 1.807) is 10.7 Å². The van der Waals surface area contributed by atoms with Crippen molar-refractivity contribution in [1.29, 1.82) is 0 Å². The molecule has 1 aromatic carbocycles. The van der Waals surface area contributed by atoms with Crippen LogP contribution >= 0.6 is 11.6 Å². The molecule has 0 fully saturated rings. The summed E-state index contributed by atoms with van der Waals surface area (Å²) in [6.07, 6.45) is 0. The summed E-state index contributed by atoms with van der Waals surface area (Å²) < 4.78 is 1.77. The second kappa shape index (κ2) is 4.58. The highest BCUT2D eigenvalue weighted by molar-refractivity contribution is 6.67. The van der Waals surface area contributed by atoms with Gasteiger partial charge < -0.3 is 0 Å². The fraction of sp³-hybridized carbons (Fsp3) is 0.286. The predicted octanol–water partition coefficient (Wildman–Crippen LogP) is 3.55. The summed E-state index contributed by atoms with van der Waals surface area (Å²) in [5.41, 5.74) is 2.04. The second-order valence-corrected chi connectivity index (χ2v) is 5.53. The molecule has 0 saturated carbocycles. The summed E-state index contributed by atoms with van der Waals surface area (Å²) in [6, 6.07) is 11.5. The minimum absolute atomic E-state index is 0.118. The Kier molecular flexibility index (Phi) is 3.26. The third kappa shape index (κ3) is 2.46. The first-order chi connectivity index (χ1) is 8.39. The van der Waals surface area contributed by atoms with E-state index in [9.17, 15) is 4.79 Å². The third-order valence-electron chi connectivity index (χ3n) is 2.68. The number of rotatable bonds is 2. The number of aromatic nitrogens is 2. The number of hydrogen-bond acceptors (Lipinski definition) is 2. The van der Waals surface area contributed by atoms with E-state index in [-0.39, 0.29) is 11.1 Å². The Morgan fingerprint density at radius 3 is 2.33 bits per heavy atom. The Labute approximate surface area is 111 Å². The summed E-state index contributed by atoms with van der Waals surface area (Å²) in [4.78, 5) is 11.3. The fourth-order valence-corrected chi connectivity index (χ4v) is 1.87. The van der Waals surface area contributed by atoms with Crippen LogP contribution in [0.15, 0.2) is 36.4 Å². The van der Waals surface area contributed by atoms with Gasteiger partial charge in [0.25, 0.3) is 5.24 Å². The van der Waals surface area contributed by atoms with Gasteiger partial charge in [0.05, 0.1) is 11.4 Å². The van der Waals surface area contributed by atoms with Gasteiger partial charge in [0.1, 0.15) is 5.69 Å². The Hall–Kier alpha value is -1.61. The molecule has 0 aliphatic carbocycles. The van der Waals surface area contributed by atoms with Gasteiger partial charge in [0.15, 0.2) is 0 Å². The van der Waals surface area contributed by atoms with E-state index in [0.717, 1.165) is 11.4 Å². The van der Waals surface area contributed by atoms with E-state index >= 15 is 0 Å². The molecule has 3 nitrogen and oxygen atoms in total. The largest absolute Gasteiger partial charge is 0.274 e. The van der Waals surface area contributed by atoms with Crippen LogP contribution in [0, 0.1) is 0 Å². The van der Waals surface area contributed by atoms with Crippen molar-refractivity contribution in [3.05, 3.63) is 47.8 Å². The van der Waals surface area contributed by atoms with Gasteiger partial charge in [-0.2, -0.15) is 5.10 Å². The summed E-state index contributed by atoms with van der Waals surface area (Å²) >= 11 is 5.51. The van der Waals surface area contributed by atoms with Crippen LogP contribution in [-0.2, 0) is 5.41 Å². The molecule has 18 heavy (non-hydrogen) atoms. The lowest BCUT2D eigenvalue weighted by atomic mass is 9.92. The first kappa shape index (κ1) is 12.8. The van der Waals surface area contributed by atoms with Gasteiger partial charge in [-0.3, -0.25) is 4.79 Å². The summed E-state index contributed by atoms with van der Waals surface area (Å²) in [5.74, 6) is 0. The molecule has 0 bridgehead atoms. The van der Waals surface area contributed by atoms with Crippen molar-refractivity contribution in [3.63, 3.8) is 0 Å². The smallest absolute Gasteiger partial charge is 0.272 e. The molecule has 0 amide bonds. The number of benzene rings is 1. The van der Waals surface area contributed by atoms with Crippen LogP contribution < -0.4 is 0 Å². The average Bonchev–Trinajstić information content (AvgIpc) is 2.74. The molecule has 1 aromatic heterocycles. The summed E-state index contributed by atoms with van der Waals surface area (Å²) in [6.45, 7) is 6.23. The Balaban J connectivity index is 2.62. The maximum atomic E-state index is 11.3. The zero-order chi connectivity index (χ0) is 13.3. The van der Waals surface area contributed by atoms with Crippen LogP contribution in [-0.4, -0.2) is 15.0 Å². The van der Waals surface area contributed by atoms with Gasteiger partial charge in [-0.25, -0.2) is 4.68 Å². The first-order valence-corrected chi connectivity index (χ1v) is 6.13. The number of halogens is 1. The van der Waals surface area contributed by atoms with E-state index in [1.165, 1.54) is 0 Å². The summed E-state index contributed by atoms with van der Waals surface area (Å²) in [5, 5.41) is 3.75. The van der Waals surface area contributed by atoms with E-state index < -0.39 is 5.24 Å². The second-order valence-electron chi connectivity index (χ2n) is 5.19. The molecule has 0 N–H and O–H groups in total. The lowest BCUT2D eigenvalue weighted by Crippen LogP contribution is -2.17. The minimum Gasteiger partial charge on any atom is -0.274 e. The quantitative estimate of drug-likeness (QED) is 0.776. The van der Waals surface area contributed by atoms with Gasteiger partial charge in [-0.05, 0) is 29.8 Å². The zero-order valence-corrected chi connectivity index (χ0v) is 11.4. The summed E-state index contributed by atoms with van der Waals surface area (Å²) in [7, 11) is 0. The number of hydrogen-bond donors (Lipinski definition) is 0. The van der Waals surface area contributed by atoms with Gasteiger partial charge >= 0.3 is 0 Å². The zero-order valence-electron chi connectivity index (χ0n) is 10.6. The van der Waals surface area contributed by atoms with Crippen LogP contribution in [0.2, 0.25) is 0 Å². The van der Waals surface area contributed by atoms with Crippen LogP contribution in [0.1, 0.15) is 37.0 Å². The molecule has 0 saturated heterocycles. The van der Waals surface area contributed by atoms with Crippen molar-refractivity contribution in [2.24, 2.45) is 0 Å². The lowest BCUT2D eigenvalue weighted by molar-refractivity contribution is 0.107. The van der Waals surface area contributed by atoms with Crippen LogP contribution in [0.25, 0.3) is 5.69 Å². The fourth-order valence-electron chi connectivity index (χ4n) is 1.78. The van der Waals surface area contributed by atoms with Gasteiger partial charge in [-0.15, -0.1) is 0 Å². The van der Waals surface area contributed by atoms with Crippen molar-refractivity contribution in [2.75, 3.05) is 0 Å². The standard InChI is InChI=1S/C14H15ClN2O/c1-14(2,3)12-9-11(13(15)18)16-17(12)10-7-5-4-6-8-10/h4-9H,1-3H3. The highest BCUT2D eigenvalue weighted by atomic mass is 35.5. The molecule has 0 unspecified atom stereocenters.